The minimum Gasteiger partial charge on any atom is -0.465 e. The number of hydrogen-bond donors (Lipinski definition) is 0. The van der Waals surface area contributed by atoms with E-state index < -0.39 is 0 Å². The van der Waals surface area contributed by atoms with E-state index in [4.69, 9.17) is 9.47 Å². The third kappa shape index (κ3) is 3.74. The Morgan fingerprint density at radius 1 is 0.500 bits per heavy atom. The molecule has 0 unspecified atom stereocenters. The van der Waals surface area contributed by atoms with Gasteiger partial charge >= 0.3 is 11.9 Å². The van der Waals surface area contributed by atoms with Crippen LogP contribution < -0.4 is 0 Å². The molecule has 0 atom stereocenters. The molecule has 0 radical (unpaired) electrons. The zero-order chi connectivity index (χ0) is 27.2. The molecule has 12 aliphatic rings. The predicted molar refractivity (Wildman–Crippen MR) is 152 cm³/mol. The number of ether oxygens (including phenoxy) is 2. The Kier molecular flexibility index (Phi) is 5.03. The molecule has 0 aliphatic heterocycles. The Morgan fingerprint density at radius 2 is 0.800 bits per heavy atom. The third-order valence-corrected chi connectivity index (χ3v) is 14.8. The van der Waals surface area contributed by atoms with Gasteiger partial charge in [-0.3, -0.25) is 9.59 Å². The zero-order valence-electron chi connectivity index (χ0n) is 25.2. The summed E-state index contributed by atoms with van der Waals surface area (Å²) >= 11 is 0. The molecule has 0 spiro atoms. The van der Waals surface area contributed by atoms with Gasteiger partial charge < -0.3 is 9.47 Å². The summed E-state index contributed by atoms with van der Waals surface area (Å²) in [6.07, 6.45) is 21.7. The lowest BCUT2D eigenvalue weighted by Gasteiger charge is -2.69. The van der Waals surface area contributed by atoms with Crippen LogP contribution in [0, 0.1) is 68.0 Å². The van der Waals surface area contributed by atoms with Crippen molar-refractivity contribution in [2.24, 2.45) is 68.0 Å². The highest BCUT2D eigenvalue weighted by Crippen LogP contribution is 2.74. The lowest BCUT2D eigenvalue weighted by molar-refractivity contribution is -0.228. The van der Waals surface area contributed by atoms with Crippen molar-refractivity contribution < 1.29 is 19.1 Å². The van der Waals surface area contributed by atoms with Crippen LogP contribution in [0.15, 0.2) is 0 Å². The molecular weight excluding hydrogens is 496 g/mol. The lowest BCUT2D eigenvalue weighted by atomic mass is 9.36. The Labute approximate surface area is 241 Å². The van der Waals surface area contributed by atoms with Crippen LogP contribution in [0.2, 0.25) is 0 Å². The first-order valence-electron chi connectivity index (χ1n) is 17.3. The monoisotopic (exact) mass is 548 g/mol. The van der Waals surface area contributed by atoms with Gasteiger partial charge in [0.25, 0.3) is 0 Å². The summed E-state index contributed by atoms with van der Waals surface area (Å²) < 4.78 is 13.0. The van der Waals surface area contributed by atoms with Crippen LogP contribution in [-0.2, 0) is 19.1 Å². The van der Waals surface area contributed by atoms with E-state index in [-0.39, 0.29) is 44.4 Å². The molecule has 4 heteroatoms. The first-order valence-corrected chi connectivity index (χ1v) is 17.3. The lowest BCUT2D eigenvalue weighted by Crippen LogP contribution is -2.62. The van der Waals surface area contributed by atoms with Crippen LogP contribution in [0.3, 0.4) is 0 Å². The van der Waals surface area contributed by atoms with E-state index in [1.165, 1.54) is 70.6 Å². The van der Waals surface area contributed by atoms with E-state index in [1.807, 2.05) is 0 Å². The highest BCUT2D eigenvalue weighted by molar-refractivity contribution is 5.78. The van der Waals surface area contributed by atoms with Crippen molar-refractivity contribution in [3.8, 4) is 0 Å². The SMILES string of the molecule is CC12CC3(C)CC(COC(=O)C45CC6CC(CC(C6)C4)C5)(C1)CC(COC(=O)C14CC5CC(CC(C5)C1)C4)(C2)C3. The Balaban J connectivity index is 0.924. The third-order valence-electron chi connectivity index (χ3n) is 14.8. The van der Waals surface area contributed by atoms with Crippen LogP contribution in [0.25, 0.3) is 0 Å². The van der Waals surface area contributed by atoms with E-state index in [1.54, 1.807) is 0 Å². The summed E-state index contributed by atoms with van der Waals surface area (Å²) in [5, 5.41) is 0. The summed E-state index contributed by atoms with van der Waals surface area (Å²) in [7, 11) is 0. The van der Waals surface area contributed by atoms with Gasteiger partial charge in [0.2, 0.25) is 0 Å². The van der Waals surface area contributed by atoms with E-state index in [2.05, 4.69) is 13.8 Å². The average Bonchev–Trinajstić information content (AvgIpc) is 2.82. The van der Waals surface area contributed by atoms with E-state index >= 15 is 0 Å². The molecule has 12 saturated carbocycles. The van der Waals surface area contributed by atoms with Gasteiger partial charge in [-0.05, 0) is 162 Å². The van der Waals surface area contributed by atoms with E-state index in [9.17, 15) is 9.59 Å². The molecule has 12 bridgehead atoms. The van der Waals surface area contributed by atoms with Gasteiger partial charge in [-0.2, -0.15) is 0 Å². The van der Waals surface area contributed by atoms with E-state index in [0.717, 1.165) is 80.5 Å². The molecule has 220 valence electrons. The summed E-state index contributed by atoms with van der Waals surface area (Å²) in [6.45, 7) is 6.19. The fourth-order valence-electron chi connectivity index (χ4n) is 16.0. The molecular formula is C36H52O4. The molecule has 0 saturated heterocycles. The first-order chi connectivity index (χ1) is 19.0. The second kappa shape index (κ2) is 7.90. The van der Waals surface area contributed by atoms with Crippen molar-refractivity contribution in [1.29, 1.82) is 0 Å². The zero-order valence-corrected chi connectivity index (χ0v) is 25.2. The quantitative estimate of drug-likeness (QED) is 0.317. The molecule has 12 aliphatic carbocycles. The Morgan fingerprint density at radius 3 is 1.10 bits per heavy atom. The maximum atomic E-state index is 13.9. The number of carbonyl (C=O) groups is 2. The summed E-state index contributed by atoms with van der Waals surface area (Å²) in [5.74, 6) is 4.91. The molecule has 40 heavy (non-hydrogen) atoms. The van der Waals surface area contributed by atoms with Crippen LogP contribution in [0.4, 0.5) is 0 Å². The van der Waals surface area contributed by atoms with Gasteiger partial charge in [0.15, 0.2) is 0 Å². The van der Waals surface area contributed by atoms with Crippen LogP contribution >= 0.6 is 0 Å². The standard InChI is InChI=1S/C36H52O4/c1-31-15-32(2)18-33(16-31,21-39-29(37)35-9-23-3-24(10-35)5-25(4-23)11-35)20-34(17-31,19-32)22-40-30(38)36-12-26-6-27(13-36)8-28(7-26)14-36/h23-28H,3-22H2,1-2H3. The molecule has 0 N–H and O–H groups in total. The van der Waals surface area contributed by atoms with Crippen molar-refractivity contribution in [3.63, 3.8) is 0 Å². The summed E-state index contributed by atoms with van der Waals surface area (Å²) in [6, 6.07) is 0. The summed E-state index contributed by atoms with van der Waals surface area (Å²) in [4.78, 5) is 27.7. The van der Waals surface area contributed by atoms with Crippen molar-refractivity contribution in [1.82, 2.24) is 0 Å². The van der Waals surface area contributed by atoms with Crippen molar-refractivity contribution in [3.05, 3.63) is 0 Å². The molecule has 0 amide bonds. The topological polar surface area (TPSA) is 52.6 Å². The van der Waals surface area contributed by atoms with Gasteiger partial charge in [0.1, 0.15) is 0 Å². The number of rotatable bonds is 6. The van der Waals surface area contributed by atoms with Gasteiger partial charge in [-0.1, -0.05) is 13.8 Å². The first kappa shape index (κ1) is 25.4. The Bertz CT molecular complexity index is 963. The van der Waals surface area contributed by atoms with Gasteiger partial charge in [-0.25, -0.2) is 0 Å². The fourth-order valence-corrected chi connectivity index (χ4v) is 16.0. The molecule has 0 aromatic heterocycles. The molecule has 0 aromatic rings. The highest BCUT2D eigenvalue weighted by atomic mass is 16.5. The molecule has 0 aromatic carbocycles. The largest absolute Gasteiger partial charge is 0.465 e. The van der Waals surface area contributed by atoms with Crippen molar-refractivity contribution in [2.45, 2.75) is 129 Å². The highest BCUT2D eigenvalue weighted by Gasteiger charge is 2.67. The smallest absolute Gasteiger partial charge is 0.312 e. The maximum Gasteiger partial charge on any atom is 0.312 e. The second-order valence-electron chi connectivity index (χ2n) is 19.2. The Hall–Kier alpha value is -1.06. The molecule has 12 rings (SSSR count). The minimum absolute atomic E-state index is 0.0588. The normalized spacial score (nSPS) is 58.0. The fraction of sp³-hybridized carbons (Fsp3) is 0.944. The van der Waals surface area contributed by atoms with Gasteiger partial charge in [0.05, 0.1) is 24.0 Å². The number of carbonyl (C=O) groups excluding carboxylic acids is 2. The van der Waals surface area contributed by atoms with Crippen LogP contribution in [0.5, 0.6) is 0 Å². The predicted octanol–water partition coefficient (Wildman–Crippen LogP) is 7.87. The maximum absolute atomic E-state index is 13.9. The van der Waals surface area contributed by atoms with Crippen LogP contribution in [0.1, 0.15) is 129 Å². The van der Waals surface area contributed by atoms with Crippen molar-refractivity contribution in [2.75, 3.05) is 13.2 Å². The molecule has 12 fully saturated rings. The molecule has 4 nitrogen and oxygen atoms in total. The average molecular weight is 549 g/mol. The minimum atomic E-state index is -0.171. The van der Waals surface area contributed by atoms with Crippen LogP contribution in [-0.4, -0.2) is 25.2 Å². The number of hydrogen-bond acceptors (Lipinski definition) is 4. The number of esters is 2. The van der Waals surface area contributed by atoms with Crippen molar-refractivity contribution >= 4 is 11.9 Å². The van der Waals surface area contributed by atoms with Gasteiger partial charge in [-0.15, -0.1) is 0 Å². The van der Waals surface area contributed by atoms with E-state index in [0.29, 0.717) is 13.2 Å². The summed E-state index contributed by atoms with van der Waals surface area (Å²) in [5.41, 5.74) is 0.311. The second-order valence-corrected chi connectivity index (χ2v) is 19.2. The van der Waals surface area contributed by atoms with Gasteiger partial charge in [0, 0.05) is 10.8 Å². The molecule has 0 heterocycles.